The molecule has 4 aliphatic heterocycles. The first-order valence-electron chi connectivity index (χ1n) is 31.6. The highest BCUT2D eigenvalue weighted by molar-refractivity contribution is 7.99. The molecule has 4 N–H and O–H groups in total. The van der Waals surface area contributed by atoms with Gasteiger partial charge in [0.2, 0.25) is 5.91 Å². The number of anilines is 3. The van der Waals surface area contributed by atoms with Crippen LogP contribution in [-0.4, -0.2) is 174 Å². The average Bonchev–Trinajstić information content (AvgIpc) is 1.16. The predicted molar refractivity (Wildman–Crippen MR) is 344 cm³/mol. The highest BCUT2D eigenvalue weighted by Crippen LogP contribution is 2.79. The fourth-order valence-electron chi connectivity index (χ4n) is 14.4. The Morgan fingerprint density at radius 1 is 0.793 bits per heavy atom. The van der Waals surface area contributed by atoms with Crippen molar-refractivity contribution in [2.45, 2.75) is 114 Å². The Bertz CT molecular complexity index is 3300. The van der Waals surface area contributed by atoms with Crippen LogP contribution in [-0.2, 0) is 24.3 Å². The number of thioether (sulfide) groups is 1. The van der Waals surface area contributed by atoms with E-state index in [-0.39, 0.29) is 22.1 Å². The summed E-state index contributed by atoms with van der Waals surface area (Å²) in [7, 11) is -4.15. The summed E-state index contributed by atoms with van der Waals surface area (Å²) >= 11 is 1.80. The van der Waals surface area contributed by atoms with E-state index in [9.17, 15) is 27.6 Å². The summed E-state index contributed by atoms with van der Waals surface area (Å²) in [5, 5.41) is 9.66. The number of amides is 4. The fourth-order valence-corrected chi connectivity index (χ4v) is 16.5. The zero-order valence-corrected chi connectivity index (χ0v) is 53.1. The predicted octanol–water partition coefficient (Wildman–Crippen LogP) is 9.44. The summed E-state index contributed by atoms with van der Waals surface area (Å²) in [6.45, 7) is 25.7. The molecular formula is C68H89N9O8S2. The highest BCUT2D eigenvalue weighted by atomic mass is 32.2. The molecule has 4 aromatic rings. The molecule has 17 nitrogen and oxygen atoms in total. The number of aryl methyl sites for hydroxylation is 1. The van der Waals surface area contributed by atoms with Crippen molar-refractivity contribution in [3.8, 4) is 0 Å². The van der Waals surface area contributed by atoms with Crippen molar-refractivity contribution in [3.05, 3.63) is 137 Å². The first-order chi connectivity index (χ1) is 41.9. The Morgan fingerprint density at radius 2 is 1.49 bits per heavy atom. The lowest BCUT2D eigenvalue weighted by atomic mass is 9.31. The van der Waals surface area contributed by atoms with Crippen LogP contribution in [0.25, 0.3) is 0 Å². The van der Waals surface area contributed by atoms with E-state index in [0.29, 0.717) is 79.0 Å². The smallest absolute Gasteiger partial charge is 0.264 e. The number of nitrogens with zero attached hydrogens (tertiary/aromatic N) is 5. The number of ether oxygens (including phenoxy) is 2. The third kappa shape index (κ3) is 14.5. The van der Waals surface area contributed by atoms with Gasteiger partial charge in [0, 0.05) is 124 Å². The Morgan fingerprint density at radius 3 is 2.20 bits per heavy atom. The molecule has 87 heavy (non-hydrogen) atoms. The van der Waals surface area contributed by atoms with Crippen molar-refractivity contribution >= 4 is 62.5 Å². The number of carbonyl (C=O) groups excluding carboxylic acids is 4. The molecule has 19 heteroatoms. The quantitative estimate of drug-likeness (QED) is 0.0191. The van der Waals surface area contributed by atoms with Crippen molar-refractivity contribution in [1.82, 2.24) is 29.6 Å². The van der Waals surface area contributed by atoms with Gasteiger partial charge in [0.1, 0.15) is 6.04 Å². The molecule has 0 radical (unpaired) electrons. The molecule has 3 saturated carbocycles. The summed E-state index contributed by atoms with van der Waals surface area (Å²) in [4.78, 5) is 65.1. The maximum atomic E-state index is 13.7. The van der Waals surface area contributed by atoms with E-state index in [4.69, 9.17) is 9.47 Å². The van der Waals surface area contributed by atoms with Crippen molar-refractivity contribution in [2.24, 2.45) is 16.2 Å². The van der Waals surface area contributed by atoms with Crippen LogP contribution < -0.4 is 25.6 Å². The van der Waals surface area contributed by atoms with Crippen LogP contribution in [0.5, 0.6) is 0 Å². The SMILES string of the molecule is C=C1CCC(N2C(=O)c3cccc(NCCOCCOCCN4CCN(CC[C@H](CSc5ccccc5)Nc5ccc(S(=O)(=O)NC(=O)c6ccc(N7CCN(CC8=C(C9%10CC(CC)(C9)C%10)CC(C)(C)CC8)CC7)cc6)cc5C)CC4)c3C2=O)C(=O)N1. The summed E-state index contributed by atoms with van der Waals surface area (Å²) in [5.74, 6) is -1.17. The van der Waals surface area contributed by atoms with Gasteiger partial charge in [-0.15, -0.1) is 11.8 Å². The zero-order chi connectivity index (χ0) is 60.9. The molecule has 0 spiro atoms. The number of piperazine rings is 2. The van der Waals surface area contributed by atoms with Gasteiger partial charge in [-0.25, -0.2) is 13.1 Å². The van der Waals surface area contributed by atoms with E-state index in [2.05, 4.69) is 79.8 Å². The van der Waals surface area contributed by atoms with Gasteiger partial charge in [0.25, 0.3) is 27.7 Å². The monoisotopic (exact) mass is 1220 g/mol. The van der Waals surface area contributed by atoms with Gasteiger partial charge < -0.3 is 35.2 Å². The van der Waals surface area contributed by atoms with Crippen molar-refractivity contribution in [2.75, 3.05) is 126 Å². The topological polar surface area (TPSA) is 185 Å². The molecule has 8 aliphatic rings. The summed E-state index contributed by atoms with van der Waals surface area (Å²) in [6, 6.07) is 27.1. The van der Waals surface area contributed by atoms with E-state index >= 15 is 0 Å². The van der Waals surface area contributed by atoms with E-state index in [1.165, 1.54) is 49.8 Å². The first-order valence-corrected chi connectivity index (χ1v) is 34.1. The molecule has 12 rings (SSSR count). The molecule has 4 aliphatic carbocycles. The van der Waals surface area contributed by atoms with Crippen molar-refractivity contribution < 1.29 is 37.1 Å². The number of imide groups is 1. The lowest BCUT2D eigenvalue weighted by Gasteiger charge is -2.73. The average molecular weight is 1220 g/mol. The molecule has 2 bridgehead atoms. The Balaban J connectivity index is 0.589. The molecule has 4 amide bonds. The summed E-state index contributed by atoms with van der Waals surface area (Å²) in [5.41, 5.74) is 9.75. The number of piperidine rings is 1. The van der Waals surface area contributed by atoms with Crippen LogP contribution in [0, 0.1) is 23.2 Å². The summed E-state index contributed by atoms with van der Waals surface area (Å²) in [6.07, 6.45) is 11.1. The number of rotatable bonds is 27. The van der Waals surface area contributed by atoms with Crippen molar-refractivity contribution in [1.29, 1.82) is 0 Å². The van der Waals surface area contributed by atoms with Crippen LogP contribution in [0.3, 0.4) is 0 Å². The number of nitrogens with one attached hydrogen (secondary N) is 4. The largest absolute Gasteiger partial charge is 0.382 e. The van der Waals surface area contributed by atoms with Crippen LogP contribution in [0.2, 0.25) is 0 Å². The third-order valence-electron chi connectivity index (χ3n) is 19.6. The lowest BCUT2D eigenvalue weighted by Crippen LogP contribution is -2.63. The minimum absolute atomic E-state index is 0.0418. The van der Waals surface area contributed by atoms with Gasteiger partial charge in [-0.1, -0.05) is 69.2 Å². The van der Waals surface area contributed by atoms with Crippen LogP contribution in [0.15, 0.2) is 124 Å². The highest BCUT2D eigenvalue weighted by Gasteiger charge is 2.68. The number of sulfonamides is 1. The van der Waals surface area contributed by atoms with Crippen LogP contribution >= 0.6 is 11.8 Å². The maximum Gasteiger partial charge on any atom is 0.264 e. The number of benzene rings is 4. The molecule has 2 atom stereocenters. The number of fused-ring (bicyclic) bond motifs is 1. The standard InChI is InChI=1S/C68H89N9O8S2/c1-6-67-45-68(46-67,47-67)57-42-66(4,5)25-23-51(57)43-75-32-34-76(35-33-75)53-18-16-50(17-19-53)62(78)72-87(82,83)55-20-21-58(48(2)41-55)71-52(44-86-54-11-8-7-9-12-54)24-27-73-28-30-74(31-29-73)36-38-85-40-39-84-37-26-69-59-14-10-13-56-61(59)65(81)77(64(56)80)60-22-15-49(3)70-63(60)79/h7-14,16-21,41,52,60,69,71H,3,6,15,22-40,42-47H2,1-2,4-5H3,(H,70,79)(H,72,78)/t52-,60?,67?,68?/m1/s1. The molecule has 466 valence electrons. The Kier molecular flexibility index (Phi) is 19.4. The van der Waals surface area contributed by atoms with Gasteiger partial charge in [-0.05, 0) is 153 Å². The number of hydrogen-bond acceptors (Lipinski definition) is 15. The molecule has 4 aromatic carbocycles. The van der Waals surface area contributed by atoms with E-state index < -0.39 is 39.7 Å². The first kappa shape index (κ1) is 62.5. The minimum atomic E-state index is -4.15. The zero-order valence-electron chi connectivity index (χ0n) is 51.4. The molecule has 4 heterocycles. The van der Waals surface area contributed by atoms with Crippen LogP contribution in [0.4, 0.5) is 17.1 Å². The van der Waals surface area contributed by atoms with E-state index in [1.54, 1.807) is 59.8 Å². The summed E-state index contributed by atoms with van der Waals surface area (Å²) < 4.78 is 41.6. The van der Waals surface area contributed by atoms with E-state index in [0.717, 1.165) is 106 Å². The number of allylic oxidation sites excluding steroid dienone is 2. The Hall–Kier alpha value is -6.06. The molecule has 3 saturated heterocycles. The lowest BCUT2D eigenvalue weighted by molar-refractivity contribution is -0.182. The molecular weight excluding hydrogens is 1130 g/mol. The molecule has 0 aromatic heterocycles. The Labute approximate surface area is 519 Å². The number of hydrogen-bond donors (Lipinski definition) is 4. The third-order valence-corrected chi connectivity index (χ3v) is 22.1. The second-order valence-corrected chi connectivity index (χ2v) is 29.0. The normalized spacial score (nSPS) is 23.7. The van der Waals surface area contributed by atoms with E-state index in [1.807, 2.05) is 48.9 Å². The van der Waals surface area contributed by atoms with Gasteiger partial charge in [-0.3, -0.25) is 33.9 Å². The molecule has 1 unspecified atom stereocenters. The van der Waals surface area contributed by atoms with Crippen molar-refractivity contribution in [3.63, 3.8) is 0 Å². The number of carbonyl (C=O) groups is 4. The van der Waals surface area contributed by atoms with Crippen LogP contribution in [0.1, 0.15) is 122 Å². The van der Waals surface area contributed by atoms with Gasteiger partial charge in [0.15, 0.2) is 0 Å². The van der Waals surface area contributed by atoms with Gasteiger partial charge >= 0.3 is 0 Å². The van der Waals surface area contributed by atoms with Gasteiger partial charge in [0.05, 0.1) is 42.4 Å². The maximum absolute atomic E-state index is 13.7. The molecule has 6 fully saturated rings. The minimum Gasteiger partial charge on any atom is -0.382 e. The second-order valence-electron chi connectivity index (χ2n) is 26.3. The van der Waals surface area contributed by atoms with Gasteiger partial charge in [-0.2, -0.15) is 0 Å². The fraction of sp³-hybridized carbons (Fsp3) is 0.529. The second kappa shape index (κ2) is 27.0.